The number of rotatable bonds is 4. The van der Waals surface area contributed by atoms with Crippen LogP contribution in [-0.4, -0.2) is 41.8 Å². The number of hydrogen-bond acceptors (Lipinski definition) is 4. The van der Waals surface area contributed by atoms with Crippen molar-refractivity contribution >= 4 is 11.6 Å². The van der Waals surface area contributed by atoms with E-state index in [2.05, 4.69) is 15.4 Å². The van der Waals surface area contributed by atoms with Gasteiger partial charge in [-0.25, -0.2) is 8.91 Å². The Labute approximate surface area is 92.9 Å². The lowest BCUT2D eigenvalue weighted by Crippen LogP contribution is -2.27. The lowest BCUT2D eigenvalue weighted by molar-refractivity contribution is 0.614. The fourth-order valence-corrected chi connectivity index (χ4v) is 1.39. The number of nitrogens with zero attached hydrogens (tertiary/aromatic N) is 4. The van der Waals surface area contributed by atoms with Crippen molar-refractivity contribution in [3.8, 4) is 0 Å². The zero-order chi connectivity index (χ0) is 11.5. The molecule has 0 aliphatic carbocycles. The van der Waals surface area contributed by atoms with Crippen molar-refractivity contribution in [3.05, 3.63) is 24.1 Å². The van der Waals surface area contributed by atoms with Crippen LogP contribution in [0.4, 0.5) is 10.3 Å². The van der Waals surface area contributed by atoms with Gasteiger partial charge in [-0.2, -0.15) is 4.98 Å². The normalized spacial score (nSPS) is 10.9. The molecule has 5 nitrogen and oxygen atoms in total. The monoisotopic (exact) mass is 223 g/mol. The fraction of sp³-hybridized carbons (Fsp3) is 0.400. The van der Waals surface area contributed by atoms with Gasteiger partial charge in [0.2, 0.25) is 5.95 Å². The summed E-state index contributed by atoms with van der Waals surface area (Å²) >= 11 is 0. The minimum atomic E-state index is -0.318. The topological polar surface area (TPSA) is 45.5 Å². The summed E-state index contributed by atoms with van der Waals surface area (Å²) in [5.41, 5.74) is 0.646. The van der Waals surface area contributed by atoms with Gasteiger partial charge in [-0.15, -0.1) is 5.10 Å². The Morgan fingerprint density at radius 2 is 2.31 bits per heavy atom. The van der Waals surface area contributed by atoms with Crippen LogP contribution in [0.2, 0.25) is 0 Å². The number of likely N-dealkylation sites (N-methyl/N-ethyl adjacent to an activating group) is 2. The van der Waals surface area contributed by atoms with E-state index in [-0.39, 0.29) is 5.82 Å². The average Bonchev–Trinajstić information content (AvgIpc) is 2.68. The van der Waals surface area contributed by atoms with Crippen molar-refractivity contribution < 1.29 is 4.39 Å². The highest BCUT2D eigenvalue weighted by Crippen LogP contribution is 2.09. The van der Waals surface area contributed by atoms with Crippen molar-refractivity contribution in [2.24, 2.45) is 0 Å². The molecule has 0 radical (unpaired) electrons. The molecule has 0 saturated heterocycles. The Morgan fingerprint density at radius 3 is 3.06 bits per heavy atom. The second-order valence-corrected chi connectivity index (χ2v) is 3.59. The number of hydrogen-bond donors (Lipinski definition) is 1. The smallest absolute Gasteiger partial charge is 0.245 e. The molecule has 1 N–H and O–H groups in total. The summed E-state index contributed by atoms with van der Waals surface area (Å²) in [6, 6.07) is 2.99. The molecule has 0 saturated carbocycles. The highest BCUT2D eigenvalue weighted by atomic mass is 19.1. The molecule has 2 rings (SSSR count). The lowest BCUT2D eigenvalue weighted by atomic mass is 10.5. The summed E-state index contributed by atoms with van der Waals surface area (Å²) in [5, 5.41) is 7.24. The molecular formula is C10H14FN5. The molecule has 0 fully saturated rings. The third-order valence-corrected chi connectivity index (χ3v) is 2.32. The predicted molar refractivity (Wildman–Crippen MR) is 60.1 cm³/mol. The molecule has 0 spiro atoms. The number of aromatic nitrogens is 3. The van der Waals surface area contributed by atoms with Gasteiger partial charge in [0.25, 0.3) is 0 Å². The lowest BCUT2D eigenvalue weighted by Gasteiger charge is -2.13. The van der Waals surface area contributed by atoms with Gasteiger partial charge in [-0.1, -0.05) is 0 Å². The third kappa shape index (κ3) is 2.11. The molecular weight excluding hydrogens is 209 g/mol. The Hall–Kier alpha value is -1.69. The van der Waals surface area contributed by atoms with Gasteiger partial charge in [0.15, 0.2) is 5.65 Å². The van der Waals surface area contributed by atoms with E-state index in [0.717, 1.165) is 13.1 Å². The molecule has 0 aliphatic rings. The van der Waals surface area contributed by atoms with E-state index in [1.165, 1.54) is 16.8 Å². The molecule has 16 heavy (non-hydrogen) atoms. The van der Waals surface area contributed by atoms with Gasteiger partial charge in [-0.3, -0.25) is 0 Å². The van der Waals surface area contributed by atoms with Crippen LogP contribution in [0, 0.1) is 5.82 Å². The Bertz CT molecular complexity index is 481. The molecule has 0 unspecified atom stereocenters. The van der Waals surface area contributed by atoms with Crippen LogP contribution in [0.1, 0.15) is 0 Å². The van der Waals surface area contributed by atoms with Crippen LogP contribution < -0.4 is 10.2 Å². The first-order chi connectivity index (χ1) is 7.70. The highest BCUT2D eigenvalue weighted by molar-refractivity contribution is 5.44. The third-order valence-electron chi connectivity index (χ3n) is 2.32. The maximum Gasteiger partial charge on any atom is 0.245 e. The summed E-state index contributed by atoms with van der Waals surface area (Å²) < 4.78 is 14.4. The van der Waals surface area contributed by atoms with Crippen LogP contribution in [0.3, 0.4) is 0 Å². The van der Waals surface area contributed by atoms with Crippen LogP contribution in [0.15, 0.2) is 18.3 Å². The summed E-state index contributed by atoms with van der Waals surface area (Å²) in [5.74, 6) is 0.280. The van der Waals surface area contributed by atoms with Gasteiger partial charge < -0.3 is 10.2 Å². The minimum Gasteiger partial charge on any atom is -0.341 e. The van der Waals surface area contributed by atoms with E-state index in [4.69, 9.17) is 0 Å². The number of fused-ring (bicyclic) bond motifs is 1. The minimum absolute atomic E-state index is 0.318. The fourth-order valence-electron chi connectivity index (χ4n) is 1.39. The van der Waals surface area contributed by atoms with Crippen molar-refractivity contribution in [1.82, 2.24) is 19.9 Å². The average molecular weight is 223 g/mol. The molecule has 2 heterocycles. The molecule has 6 heteroatoms. The molecule has 0 bridgehead atoms. The maximum absolute atomic E-state index is 12.9. The number of pyridine rings is 1. The molecule has 0 aromatic carbocycles. The molecule has 86 valence electrons. The van der Waals surface area contributed by atoms with E-state index in [1.807, 2.05) is 19.0 Å². The van der Waals surface area contributed by atoms with Gasteiger partial charge in [-0.05, 0) is 19.2 Å². The Balaban J connectivity index is 2.25. The Kier molecular flexibility index (Phi) is 3.00. The first-order valence-corrected chi connectivity index (χ1v) is 5.08. The van der Waals surface area contributed by atoms with Crippen molar-refractivity contribution in [3.63, 3.8) is 0 Å². The van der Waals surface area contributed by atoms with Crippen LogP contribution >= 0.6 is 0 Å². The zero-order valence-electron chi connectivity index (χ0n) is 9.31. The summed E-state index contributed by atoms with van der Waals surface area (Å²) in [6.45, 7) is 1.65. The summed E-state index contributed by atoms with van der Waals surface area (Å²) in [4.78, 5) is 6.21. The number of anilines is 1. The molecule has 0 amide bonds. The first kappa shape index (κ1) is 10.8. The standard InChI is InChI=1S/C10H14FN5/c1-12-5-6-15(2)10-13-9-4-3-8(11)7-16(9)14-10/h3-4,7,12H,5-6H2,1-2H3. The maximum atomic E-state index is 12.9. The molecule has 0 atom stereocenters. The number of nitrogens with one attached hydrogen (secondary N) is 1. The van der Waals surface area contributed by atoms with Crippen LogP contribution in [0.5, 0.6) is 0 Å². The summed E-state index contributed by atoms with van der Waals surface area (Å²) in [6.07, 6.45) is 1.32. The molecule has 2 aromatic rings. The van der Waals surface area contributed by atoms with Gasteiger partial charge in [0.1, 0.15) is 5.82 Å². The van der Waals surface area contributed by atoms with Crippen molar-refractivity contribution in [2.45, 2.75) is 0 Å². The first-order valence-electron chi connectivity index (χ1n) is 5.08. The highest BCUT2D eigenvalue weighted by Gasteiger charge is 2.08. The van der Waals surface area contributed by atoms with Gasteiger partial charge in [0, 0.05) is 20.1 Å². The van der Waals surface area contributed by atoms with Gasteiger partial charge >= 0.3 is 0 Å². The molecule has 2 aromatic heterocycles. The van der Waals surface area contributed by atoms with E-state index in [1.54, 1.807) is 6.07 Å². The van der Waals surface area contributed by atoms with Crippen LogP contribution in [-0.2, 0) is 0 Å². The Morgan fingerprint density at radius 1 is 1.50 bits per heavy atom. The van der Waals surface area contributed by atoms with E-state index < -0.39 is 0 Å². The predicted octanol–water partition coefficient (Wildman–Crippen LogP) is 0.524. The van der Waals surface area contributed by atoms with Crippen molar-refractivity contribution in [1.29, 1.82) is 0 Å². The molecule has 0 aliphatic heterocycles. The second-order valence-electron chi connectivity index (χ2n) is 3.59. The number of halogens is 1. The second kappa shape index (κ2) is 4.44. The zero-order valence-corrected chi connectivity index (χ0v) is 9.31. The van der Waals surface area contributed by atoms with E-state index in [0.29, 0.717) is 11.6 Å². The summed E-state index contributed by atoms with van der Waals surface area (Å²) in [7, 11) is 3.79. The van der Waals surface area contributed by atoms with E-state index in [9.17, 15) is 4.39 Å². The van der Waals surface area contributed by atoms with E-state index >= 15 is 0 Å². The van der Waals surface area contributed by atoms with Gasteiger partial charge in [0.05, 0.1) is 6.20 Å². The quantitative estimate of drug-likeness (QED) is 0.821. The van der Waals surface area contributed by atoms with Crippen molar-refractivity contribution in [2.75, 3.05) is 32.1 Å². The van der Waals surface area contributed by atoms with Crippen LogP contribution in [0.25, 0.3) is 5.65 Å². The SMILES string of the molecule is CNCCN(C)c1nc2ccc(F)cn2n1. The largest absolute Gasteiger partial charge is 0.341 e.